The van der Waals surface area contributed by atoms with E-state index in [1.165, 1.54) is 0 Å². The number of hydrogen-bond donors (Lipinski definition) is 2. The highest BCUT2D eigenvalue weighted by Gasteiger charge is 1.97. The summed E-state index contributed by atoms with van der Waals surface area (Å²) < 4.78 is 0. The summed E-state index contributed by atoms with van der Waals surface area (Å²) >= 11 is 0. The summed E-state index contributed by atoms with van der Waals surface area (Å²) in [5, 5.41) is 16.8. The molecule has 0 aliphatic carbocycles. The highest BCUT2D eigenvalue weighted by molar-refractivity contribution is 4.70. The van der Waals surface area contributed by atoms with Crippen LogP contribution in [0.1, 0.15) is 19.8 Å². The van der Waals surface area contributed by atoms with Crippen LogP contribution in [0.25, 0.3) is 0 Å². The van der Waals surface area contributed by atoms with Crippen LogP contribution in [-0.4, -0.2) is 16.8 Å². The van der Waals surface area contributed by atoms with Crippen LogP contribution in [-0.2, 0) is 0 Å². The fraction of sp³-hybridized carbons (Fsp3) is 0.800. The van der Waals surface area contributed by atoms with Gasteiger partial charge in [-0.05, 0) is 6.42 Å². The van der Waals surface area contributed by atoms with E-state index < -0.39 is 0 Å². The minimum Gasteiger partial charge on any atom is -0.396 e. The van der Waals surface area contributed by atoms with Crippen LogP contribution in [0, 0.1) is 6.10 Å². The molecule has 0 aromatic heterocycles. The van der Waals surface area contributed by atoms with Crippen LogP contribution in [0.3, 0.4) is 0 Å². The van der Waals surface area contributed by atoms with Gasteiger partial charge in [-0.25, -0.2) is 0 Å². The average Bonchev–Trinajstić information content (AvgIpc) is 1.68. The zero-order valence-electron chi connectivity index (χ0n) is 4.52. The van der Waals surface area contributed by atoms with Gasteiger partial charge in [0.15, 0.2) is 0 Å². The van der Waals surface area contributed by atoms with Crippen LogP contribution in [0.4, 0.5) is 0 Å². The third kappa shape index (κ3) is 3.76. The number of rotatable bonds is 3. The molecule has 0 saturated carbocycles. The van der Waals surface area contributed by atoms with Gasteiger partial charge in [-0.3, -0.25) is 0 Å². The minimum atomic E-state index is 0.0552. The first-order valence-electron chi connectivity index (χ1n) is 2.45. The molecule has 0 rings (SSSR count). The highest BCUT2D eigenvalue weighted by Crippen LogP contribution is 2.02. The Morgan fingerprint density at radius 2 is 2.14 bits per heavy atom. The Hall–Kier alpha value is -0.0800. The first-order chi connectivity index (χ1) is 3.31. The van der Waals surface area contributed by atoms with Crippen LogP contribution in [0.15, 0.2) is 0 Å². The topological polar surface area (TPSA) is 40.5 Å². The van der Waals surface area contributed by atoms with E-state index >= 15 is 0 Å². The maximum Gasteiger partial charge on any atom is 0.0953 e. The second-order valence-corrected chi connectivity index (χ2v) is 1.39. The summed E-state index contributed by atoms with van der Waals surface area (Å²) in [4.78, 5) is 0. The minimum absolute atomic E-state index is 0.0552. The largest absolute Gasteiger partial charge is 0.396 e. The Morgan fingerprint density at radius 1 is 1.57 bits per heavy atom. The van der Waals surface area contributed by atoms with E-state index in [0.717, 1.165) is 0 Å². The molecule has 0 heterocycles. The van der Waals surface area contributed by atoms with Crippen molar-refractivity contribution >= 4 is 0 Å². The fourth-order valence-corrected chi connectivity index (χ4v) is 0.306. The van der Waals surface area contributed by atoms with E-state index in [4.69, 9.17) is 10.2 Å². The Balaban J connectivity index is 2.83. The molecule has 0 bridgehead atoms. The molecule has 2 heteroatoms. The lowest BCUT2D eigenvalue weighted by atomic mass is 10.2. The van der Waals surface area contributed by atoms with E-state index in [2.05, 4.69) is 0 Å². The van der Waals surface area contributed by atoms with Gasteiger partial charge in [-0.2, -0.15) is 0 Å². The van der Waals surface area contributed by atoms with Crippen molar-refractivity contribution in [3.63, 3.8) is 0 Å². The lowest BCUT2D eigenvalue weighted by Crippen LogP contribution is -1.95. The van der Waals surface area contributed by atoms with Gasteiger partial charge in [0.2, 0.25) is 0 Å². The number of hydrogen-bond acceptors (Lipinski definition) is 2. The van der Waals surface area contributed by atoms with Gasteiger partial charge in [0.1, 0.15) is 0 Å². The highest BCUT2D eigenvalue weighted by atomic mass is 16.3. The molecule has 7 heavy (non-hydrogen) atoms. The standard InChI is InChI=1S/C5H11O2/c1-2-5(7)3-4-6/h6-7H,2-4H2,1H3. The molecule has 0 aliphatic heterocycles. The Kier molecular flexibility index (Phi) is 4.04. The van der Waals surface area contributed by atoms with Gasteiger partial charge >= 0.3 is 0 Å². The zero-order valence-corrected chi connectivity index (χ0v) is 4.52. The summed E-state index contributed by atoms with van der Waals surface area (Å²) in [6.45, 7) is 1.91. The third-order valence-corrected chi connectivity index (χ3v) is 0.808. The summed E-state index contributed by atoms with van der Waals surface area (Å²) in [6.07, 6.45) is 1.46. The van der Waals surface area contributed by atoms with Crippen molar-refractivity contribution in [1.29, 1.82) is 0 Å². The zero-order chi connectivity index (χ0) is 5.70. The van der Waals surface area contributed by atoms with Crippen molar-refractivity contribution < 1.29 is 10.2 Å². The molecule has 0 amide bonds. The average molecular weight is 103 g/mol. The molecular weight excluding hydrogens is 92.1 g/mol. The van der Waals surface area contributed by atoms with Crippen molar-refractivity contribution in [2.75, 3.05) is 6.61 Å². The van der Waals surface area contributed by atoms with Gasteiger partial charge in [0.25, 0.3) is 0 Å². The van der Waals surface area contributed by atoms with Crippen molar-refractivity contribution in [3.05, 3.63) is 6.10 Å². The first kappa shape index (κ1) is 6.92. The maximum absolute atomic E-state index is 8.61. The molecule has 2 nitrogen and oxygen atoms in total. The maximum atomic E-state index is 8.61. The predicted molar refractivity (Wildman–Crippen MR) is 27.2 cm³/mol. The van der Waals surface area contributed by atoms with Gasteiger partial charge in [-0.1, -0.05) is 6.92 Å². The van der Waals surface area contributed by atoms with Crippen molar-refractivity contribution in [1.82, 2.24) is 0 Å². The molecular formula is C5H11O2. The number of aliphatic hydroxyl groups excluding tert-OH is 2. The van der Waals surface area contributed by atoms with Crippen molar-refractivity contribution in [3.8, 4) is 0 Å². The van der Waals surface area contributed by atoms with Gasteiger partial charge < -0.3 is 10.2 Å². The second-order valence-electron chi connectivity index (χ2n) is 1.39. The van der Waals surface area contributed by atoms with Crippen LogP contribution >= 0.6 is 0 Å². The summed E-state index contributed by atoms with van der Waals surface area (Å²) in [7, 11) is 0. The van der Waals surface area contributed by atoms with Crippen molar-refractivity contribution in [2.45, 2.75) is 19.8 Å². The van der Waals surface area contributed by atoms with E-state index in [0.29, 0.717) is 18.9 Å². The quantitative estimate of drug-likeness (QED) is 0.551. The van der Waals surface area contributed by atoms with Crippen LogP contribution in [0.5, 0.6) is 0 Å². The van der Waals surface area contributed by atoms with E-state index in [9.17, 15) is 0 Å². The molecule has 1 radical (unpaired) electrons. The summed E-state index contributed by atoms with van der Waals surface area (Å²) in [5.41, 5.74) is 0. The molecule has 0 saturated heterocycles. The van der Waals surface area contributed by atoms with E-state index in [1.807, 2.05) is 6.92 Å². The molecule has 0 aromatic carbocycles. The molecule has 0 spiro atoms. The Labute approximate surface area is 43.8 Å². The molecule has 2 N–H and O–H groups in total. The summed E-state index contributed by atoms with van der Waals surface area (Å²) in [5.74, 6) is 0. The lowest BCUT2D eigenvalue weighted by Gasteiger charge is -1.99. The van der Waals surface area contributed by atoms with E-state index in [-0.39, 0.29) is 6.61 Å². The van der Waals surface area contributed by atoms with Gasteiger partial charge in [-0.15, -0.1) is 0 Å². The monoisotopic (exact) mass is 103 g/mol. The number of aliphatic hydroxyl groups is 2. The Morgan fingerprint density at radius 3 is 2.29 bits per heavy atom. The van der Waals surface area contributed by atoms with Gasteiger partial charge in [0, 0.05) is 13.0 Å². The fourth-order valence-electron chi connectivity index (χ4n) is 0.306. The second kappa shape index (κ2) is 4.09. The SMILES string of the molecule is CC[C](O)CCO. The lowest BCUT2D eigenvalue weighted by molar-refractivity contribution is 0.215. The molecule has 43 valence electrons. The smallest absolute Gasteiger partial charge is 0.0953 e. The predicted octanol–water partition coefficient (Wildman–Crippen LogP) is 0.683. The molecule has 0 aromatic rings. The summed E-state index contributed by atoms with van der Waals surface area (Å²) in [6, 6.07) is 0. The molecule has 0 atom stereocenters. The Bertz CT molecular complexity index is 37.1. The van der Waals surface area contributed by atoms with E-state index in [1.54, 1.807) is 0 Å². The first-order valence-corrected chi connectivity index (χ1v) is 2.45. The van der Waals surface area contributed by atoms with Crippen LogP contribution in [0.2, 0.25) is 0 Å². The molecule has 0 aliphatic rings. The molecule has 0 fully saturated rings. The third-order valence-electron chi connectivity index (χ3n) is 0.808. The normalized spacial score (nSPS) is 10.3. The van der Waals surface area contributed by atoms with Gasteiger partial charge in [0.05, 0.1) is 6.10 Å². The van der Waals surface area contributed by atoms with Crippen molar-refractivity contribution in [2.24, 2.45) is 0 Å². The molecule has 0 unspecified atom stereocenters. The van der Waals surface area contributed by atoms with Crippen LogP contribution < -0.4 is 0 Å².